The minimum absolute atomic E-state index is 0.00655. The minimum atomic E-state index is -0.349. The van der Waals surface area contributed by atoms with Crippen molar-refractivity contribution in [3.8, 4) is 11.5 Å². The van der Waals surface area contributed by atoms with Gasteiger partial charge in [0, 0.05) is 18.7 Å². The van der Waals surface area contributed by atoms with Gasteiger partial charge in [-0.1, -0.05) is 6.07 Å². The molecular formula is C18H18FNO3. The molecule has 0 fully saturated rings. The largest absolute Gasteiger partial charge is 0.454 e. The maximum Gasteiger partial charge on any atom is 0.253 e. The first-order chi connectivity index (χ1) is 11.0. The molecule has 1 amide bonds. The molecule has 120 valence electrons. The molecule has 0 radical (unpaired) electrons. The summed E-state index contributed by atoms with van der Waals surface area (Å²) >= 11 is 0. The van der Waals surface area contributed by atoms with Crippen molar-refractivity contribution in [1.29, 1.82) is 0 Å². The maximum atomic E-state index is 13.0. The van der Waals surface area contributed by atoms with Gasteiger partial charge in [-0.3, -0.25) is 4.79 Å². The average molecular weight is 315 g/mol. The Morgan fingerprint density at radius 3 is 2.61 bits per heavy atom. The molecule has 23 heavy (non-hydrogen) atoms. The molecule has 3 rings (SSSR count). The van der Waals surface area contributed by atoms with Crippen molar-refractivity contribution in [2.45, 2.75) is 19.4 Å². The van der Waals surface area contributed by atoms with E-state index in [0.29, 0.717) is 12.0 Å². The third-order valence-electron chi connectivity index (χ3n) is 4.04. The van der Waals surface area contributed by atoms with Crippen LogP contribution >= 0.6 is 0 Å². The molecule has 1 aliphatic rings. The van der Waals surface area contributed by atoms with E-state index in [1.807, 2.05) is 25.1 Å². The van der Waals surface area contributed by atoms with Crippen LogP contribution < -0.4 is 9.47 Å². The third kappa shape index (κ3) is 3.28. The molecule has 1 atom stereocenters. The Bertz CT molecular complexity index is 715. The zero-order valence-electron chi connectivity index (χ0n) is 13.1. The van der Waals surface area contributed by atoms with Gasteiger partial charge < -0.3 is 14.4 Å². The molecule has 0 bridgehead atoms. The van der Waals surface area contributed by atoms with E-state index in [4.69, 9.17) is 9.47 Å². The van der Waals surface area contributed by atoms with Gasteiger partial charge in [-0.2, -0.15) is 0 Å². The van der Waals surface area contributed by atoms with E-state index >= 15 is 0 Å². The Labute approximate surface area is 134 Å². The van der Waals surface area contributed by atoms with Crippen LogP contribution in [0.4, 0.5) is 4.39 Å². The van der Waals surface area contributed by atoms with Crippen molar-refractivity contribution in [3.63, 3.8) is 0 Å². The standard InChI is InChI=1S/C18H18FNO3/c1-12(9-13-3-8-16-17(10-13)23-11-22-16)20(2)18(21)14-4-6-15(19)7-5-14/h3-8,10,12H,9,11H2,1-2H3/t12-/m1/s1. The number of carbonyl (C=O) groups excluding carboxylic acids is 1. The number of ether oxygens (including phenoxy) is 2. The second-order valence-corrected chi connectivity index (χ2v) is 5.66. The lowest BCUT2D eigenvalue weighted by molar-refractivity contribution is 0.0743. The molecule has 0 aliphatic carbocycles. The molecule has 0 unspecified atom stereocenters. The van der Waals surface area contributed by atoms with Crippen LogP contribution in [0.15, 0.2) is 42.5 Å². The monoisotopic (exact) mass is 315 g/mol. The zero-order chi connectivity index (χ0) is 16.4. The van der Waals surface area contributed by atoms with E-state index in [-0.39, 0.29) is 24.6 Å². The summed E-state index contributed by atoms with van der Waals surface area (Å²) in [4.78, 5) is 14.1. The summed E-state index contributed by atoms with van der Waals surface area (Å²) in [7, 11) is 1.75. The van der Waals surface area contributed by atoms with Crippen LogP contribution in [0.1, 0.15) is 22.8 Å². The quantitative estimate of drug-likeness (QED) is 0.869. The lowest BCUT2D eigenvalue weighted by Gasteiger charge is -2.25. The molecule has 0 spiro atoms. The second kappa shape index (κ2) is 6.28. The van der Waals surface area contributed by atoms with Gasteiger partial charge in [0.25, 0.3) is 5.91 Å². The highest BCUT2D eigenvalue weighted by atomic mass is 19.1. The number of likely N-dealkylation sites (N-methyl/N-ethyl adjacent to an activating group) is 1. The van der Waals surface area contributed by atoms with Gasteiger partial charge >= 0.3 is 0 Å². The summed E-state index contributed by atoms with van der Waals surface area (Å²) in [5.41, 5.74) is 1.55. The number of fused-ring (bicyclic) bond motifs is 1. The molecule has 1 aliphatic heterocycles. The lowest BCUT2D eigenvalue weighted by Crippen LogP contribution is -2.36. The molecule has 5 heteroatoms. The van der Waals surface area contributed by atoms with Crippen molar-refractivity contribution in [1.82, 2.24) is 4.90 Å². The van der Waals surface area contributed by atoms with Crippen LogP contribution in [0.5, 0.6) is 11.5 Å². The van der Waals surface area contributed by atoms with E-state index in [2.05, 4.69) is 0 Å². The van der Waals surface area contributed by atoms with E-state index in [1.165, 1.54) is 24.3 Å². The first-order valence-corrected chi connectivity index (χ1v) is 7.46. The Kier molecular flexibility index (Phi) is 4.19. The molecule has 4 nitrogen and oxygen atoms in total. The summed E-state index contributed by atoms with van der Waals surface area (Å²) in [5.74, 6) is 1.01. The Hall–Kier alpha value is -2.56. The molecule has 0 N–H and O–H groups in total. The Morgan fingerprint density at radius 2 is 1.87 bits per heavy atom. The summed E-state index contributed by atoms with van der Waals surface area (Å²) in [5, 5.41) is 0. The van der Waals surface area contributed by atoms with Crippen molar-refractivity contribution in [3.05, 3.63) is 59.4 Å². The second-order valence-electron chi connectivity index (χ2n) is 5.66. The zero-order valence-corrected chi connectivity index (χ0v) is 13.1. The maximum absolute atomic E-state index is 13.0. The van der Waals surface area contributed by atoms with Gasteiger partial charge in [0.1, 0.15) is 5.82 Å². The molecule has 2 aromatic carbocycles. The number of hydrogen-bond acceptors (Lipinski definition) is 3. The van der Waals surface area contributed by atoms with E-state index in [9.17, 15) is 9.18 Å². The number of hydrogen-bond donors (Lipinski definition) is 0. The average Bonchev–Trinajstić information content (AvgIpc) is 3.01. The van der Waals surface area contributed by atoms with Crippen LogP contribution in [-0.2, 0) is 6.42 Å². The van der Waals surface area contributed by atoms with Crippen molar-refractivity contribution in [2.75, 3.05) is 13.8 Å². The number of halogens is 1. The fraction of sp³-hybridized carbons (Fsp3) is 0.278. The third-order valence-corrected chi connectivity index (χ3v) is 4.04. The molecule has 0 saturated heterocycles. The molecule has 2 aromatic rings. The topological polar surface area (TPSA) is 38.8 Å². The number of nitrogens with zero attached hydrogens (tertiary/aromatic N) is 1. The Balaban J connectivity index is 1.68. The van der Waals surface area contributed by atoms with Gasteiger partial charge in [0.2, 0.25) is 6.79 Å². The van der Waals surface area contributed by atoms with Crippen molar-refractivity contribution < 1.29 is 18.7 Å². The molecule has 1 heterocycles. The van der Waals surface area contributed by atoms with Crippen LogP contribution in [0, 0.1) is 5.82 Å². The summed E-state index contributed by atoms with van der Waals surface area (Å²) in [6, 6.07) is 11.4. The number of carbonyl (C=O) groups is 1. The highest BCUT2D eigenvalue weighted by Gasteiger charge is 2.19. The predicted octanol–water partition coefficient (Wildman–Crippen LogP) is 3.26. The van der Waals surface area contributed by atoms with Crippen LogP contribution in [-0.4, -0.2) is 30.7 Å². The van der Waals surface area contributed by atoms with Gasteiger partial charge in [-0.15, -0.1) is 0 Å². The first kappa shape index (κ1) is 15.3. The van der Waals surface area contributed by atoms with Gasteiger partial charge in [-0.05, 0) is 55.3 Å². The van der Waals surface area contributed by atoms with E-state index in [0.717, 1.165) is 17.1 Å². The molecule has 0 saturated carbocycles. The van der Waals surface area contributed by atoms with Crippen LogP contribution in [0.2, 0.25) is 0 Å². The Morgan fingerprint density at radius 1 is 1.17 bits per heavy atom. The highest BCUT2D eigenvalue weighted by molar-refractivity contribution is 5.94. The molecular weight excluding hydrogens is 297 g/mol. The van der Waals surface area contributed by atoms with Gasteiger partial charge in [0.05, 0.1) is 0 Å². The number of amides is 1. The highest BCUT2D eigenvalue weighted by Crippen LogP contribution is 2.33. The van der Waals surface area contributed by atoms with Crippen LogP contribution in [0.3, 0.4) is 0 Å². The van der Waals surface area contributed by atoms with Crippen molar-refractivity contribution >= 4 is 5.91 Å². The lowest BCUT2D eigenvalue weighted by atomic mass is 10.0. The van der Waals surface area contributed by atoms with Crippen LogP contribution in [0.25, 0.3) is 0 Å². The van der Waals surface area contributed by atoms with Crippen molar-refractivity contribution in [2.24, 2.45) is 0 Å². The van der Waals surface area contributed by atoms with E-state index < -0.39 is 0 Å². The van der Waals surface area contributed by atoms with E-state index in [1.54, 1.807) is 11.9 Å². The predicted molar refractivity (Wildman–Crippen MR) is 84.2 cm³/mol. The smallest absolute Gasteiger partial charge is 0.253 e. The normalized spacial score (nSPS) is 13.7. The fourth-order valence-corrected chi connectivity index (χ4v) is 2.54. The summed E-state index contributed by atoms with van der Waals surface area (Å²) in [6.07, 6.45) is 0.695. The number of rotatable bonds is 4. The van der Waals surface area contributed by atoms with Gasteiger partial charge in [0.15, 0.2) is 11.5 Å². The summed E-state index contributed by atoms with van der Waals surface area (Å²) < 4.78 is 23.6. The fourth-order valence-electron chi connectivity index (χ4n) is 2.54. The minimum Gasteiger partial charge on any atom is -0.454 e. The SMILES string of the molecule is C[C@H](Cc1ccc2c(c1)OCO2)N(C)C(=O)c1ccc(F)cc1. The molecule has 0 aromatic heterocycles. The van der Waals surface area contributed by atoms with Gasteiger partial charge in [-0.25, -0.2) is 4.39 Å². The first-order valence-electron chi connectivity index (χ1n) is 7.46. The number of benzene rings is 2. The summed E-state index contributed by atoms with van der Waals surface area (Å²) in [6.45, 7) is 2.23.